The van der Waals surface area contributed by atoms with Crippen LogP contribution in [0.5, 0.6) is 0 Å². The molecule has 0 saturated heterocycles. The fourth-order valence-electron chi connectivity index (χ4n) is 2.15. The molecule has 1 aromatic heterocycles. The summed E-state index contributed by atoms with van der Waals surface area (Å²) in [5.41, 5.74) is 1.29. The van der Waals surface area contributed by atoms with Crippen LogP contribution in [0, 0.1) is 6.92 Å². The van der Waals surface area contributed by atoms with E-state index in [0.29, 0.717) is 0 Å². The molecule has 18 heavy (non-hydrogen) atoms. The molecule has 0 radical (unpaired) electrons. The number of carbonyl (C=O) groups is 1. The van der Waals surface area contributed by atoms with Crippen molar-refractivity contribution in [2.45, 2.75) is 39.2 Å². The average molecular weight is 264 g/mol. The molecule has 4 heteroatoms. The predicted molar refractivity (Wildman–Crippen MR) is 72.9 cm³/mol. The SMILES string of the molecule is Cc1sc2ccccc2[n+]1CCCCCC(=O)O. The van der Waals surface area contributed by atoms with Crippen molar-refractivity contribution in [3.05, 3.63) is 29.3 Å². The summed E-state index contributed by atoms with van der Waals surface area (Å²) in [5, 5.41) is 9.89. The molecule has 0 bridgehead atoms. The third-order valence-corrected chi connectivity index (χ3v) is 4.15. The number of para-hydroxylation sites is 1. The molecule has 0 unspecified atom stereocenters. The first-order valence-corrected chi connectivity index (χ1v) is 7.10. The van der Waals surface area contributed by atoms with Crippen LogP contribution in [-0.2, 0) is 11.3 Å². The van der Waals surface area contributed by atoms with Gasteiger partial charge in [0.2, 0.25) is 10.5 Å². The van der Waals surface area contributed by atoms with Crippen molar-refractivity contribution in [3.63, 3.8) is 0 Å². The first kappa shape index (κ1) is 13.0. The molecule has 1 aromatic carbocycles. The van der Waals surface area contributed by atoms with Crippen molar-refractivity contribution < 1.29 is 14.5 Å². The highest BCUT2D eigenvalue weighted by Gasteiger charge is 2.15. The second kappa shape index (κ2) is 5.96. The lowest BCUT2D eigenvalue weighted by atomic mass is 10.2. The molecule has 0 aliphatic carbocycles. The second-order valence-corrected chi connectivity index (χ2v) is 5.68. The van der Waals surface area contributed by atoms with Crippen LogP contribution in [0.4, 0.5) is 0 Å². The van der Waals surface area contributed by atoms with Gasteiger partial charge in [-0.3, -0.25) is 4.79 Å². The molecule has 3 nitrogen and oxygen atoms in total. The summed E-state index contributed by atoms with van der Waals surface area (Å²) in [6, 6.07) is 8.43. The van der Waals surface area contributed by atoms with Gasteiger partial charge < -0.3 is 5.11 Å². The van der Waals surface area contributed by atoms with Crippen molar-refractivity contribution >= 4 is 27.5 Å². The Bertz CT molecular complexity index is 548. The Labute approximate surface area is 111 Å². The highest BCUT2D eigenvalue weighted by atomic mass is 32.1. The first-order valence-electron chi connectivity index (χ1n) is 6.28. The van der Waals surface area contributed by atoms with Crippen molar-refractivity contribution in [1.29, 1.82) is 0 Å². The first-order chi connectivity index (χ1) is 8.68. The Balaban J connectivity index is 1.95. The lowest BCUT2D eigenvalue weighted by Gasteiger charge is -1.97. The summed E-state index contributed by atoms with van der Waals surface area (Å²) in [7, 11) is 0. The van der Waals surface area contributed by atoms with E-state index >= 15 is 0 Å². The number of benzene rings is 1. The molecule has 2 rings (SSSR count). The van der Waals surface area contributed by atoms with Gasteiger partial charge in [0, 0.05) is 25.8 Å². The van der Waals surface area contributed by atoms with Crippen molar-refractivity contribution in [2.24, 2.45) is 0 Å². The van der Waals surface area contributed by atoms with E-state index in [1.54, 1.807) is 0 Å². The van der Waals surface area contributed by atoms with Crippen LogP contribution in [-0.4, -0.2) is 11.1 Å². The third-order valence-electron chi connectivity index (χ3n) is 3.07. The molecular formula is C14H18NO2S+. The number of aromatic nitrogens is 1. The van der Waals surface area contributed by atoms with Gasteiger partial charge in [-0.15, -0.1) is 0 Å². The maximum absolute atomic E-state index is 10.4. The molecule has 0 aliphatic rings. The topological polar surface area (TPSA) is 41.2 Å². The zero-order valence-electron chi connectivity index (χ0n) is 10.6. The number of hydrogen-bond acceptors (Lipinski definition) is 2. The lowest BCUT2D eigenvalue weighted by molar-refractivity contribution is -0.673. The monoisotopic (exact) mass is 264 g/mol. The van der Waals surface area contributed by atoms with Gasteiger partial charge in [-0.2, -0.15) is 4.57 Å². The van der Waals surface area contributed by atoms with E-state index in [-0.39, 0.29) is 6.42 Å². The zero-order valence-corrected chi connectivity index (χ0v) is 11.4. The molecule has 0 spiro atoms. The van der Waals surface area contributed by atoms with Gasteiger partial charge in [-0.25, -0.2) is 0 Å². The fraction of sp³-hybridized carbons (Fsp3) is 0.429. The molecular weight excluding hydrogens is 246 g/mol. The summed E-state index contributed by atoms with van der Waals surface area (Å²) in [5.74, 6) is -0.695. The van der Waals surface area contributed by atoms with Gasteiger partial charge in [0.1, 0.15) is 11.2 Å². The molecule has 1 N–H and O–H groups in total. The summed E-state index contributed by atoms with van der Waals surface area (Å²) in [6.45, 7) is 3.12. The van der Waals surface area contributed by atoms with Crippen molar-refractivity contribution in [2.75, 3.05) is 0 Å². The van der Waals surface area contributed by atoms with Crippen LogP contribution in [0.25, 0.3) is 10.2 Å². The Morgan fingerprint density at radius 2 is 2.06 bits per heavy atom. The van der Waals surface area contributed by atoms with Gasteiger partial charge in [0.15, 0.2) is 0 Å². The predicted octanol–water partition coefficient (Wildman–Crippen LogP) is 3.14. The smallest absolute Gasteiger partial charge is 0.303 e. The van der Waals surface area contributed by atoms with Gasteiger partial charge in [-0.05, 0) is 18.9 Å². The van der Waals surface area contributed by atoms with Crippen LogP contribution in [0.2, 0.25) is 0 Å². The van der Waals surface area contributed by atoms with Crippen LogP contribution >= 0.6 is 11.3 Å². The maximum atomic E-state index is 10.4. The summed E-state index contributed by atoms with van der Waals surface area (Å²) >= 11 is 1.82. The zero-order chi connectivity index (χ0) is 13.0. The van der Waals surface area contributed by atoms with Crippen LogP contribution in [0.3, 0.4) is 0 Å². The molecule has 2 aromatic rings. The Morgan fingerprint density at radius 1 is 1.28 bits per heavy atom. The number of carboxylic acid groups (broad SMARTS) is 1. The molecule has 1 heterocycles. The number of aliphatic carboxylic acids is 1. The molecule has 0 aliphatic heterocycles. The Hall–Kier alpha value is -1.42. The molecule has 0 saturated carbocycles. The van der Waals surface area contributed by atoms with E-state index in [4.69, 9.17) is 5.11 Å². The molecule has 0 fully saturated rings. The minimum absolute atomic E-state index is 0.286. The van der Waals surface area contributed by atoms with Crippen LogP contribution in [0.1, 0.15) is 30.7 Å². The normalized spacial score (nSPS) is 10.9. The summed E-state index contributed by atoms with van der Waals surface area (Å²) in [6.07, 6.45) is 3.08. The molecule has 0 amide bonds. The van der Waals surface area contributed by atoms with E-state index in [9.17, 15) is 4.79 Å². The number of carboxylic acids is 1. The van der Waals surface area contributed by atoms with Crippen LogP contribution < -0.4 is 4.57 Å². The number of hydrogen-bond donors (Lipinski definition) is 1. The van der Waals surface area contributed by atoms with Crippen LogP contribution in [0.15, 0.2) is 24.3 Å². The second-order valence-electron chi connectivity index (χ2n) is 4.44. The third kappa shape index (κ3) is 3.07. The molecule has 0 atom stereocenters. The van der Waals surface area contributed by atoms with Crippen molar-refractivity contribution in [1.82, 2.24) is 0 Å². The summed E-state index contributed by atoms with van der Waals surface area (Å²) < 4.78 is 3.65. The van der Waals surface area contributed by atoms with E-state index < -0.39 is 5.97 Å². The maximum Gasteiger partial charge on any atom is 0.303 e. The quantitative estimate of drug-likeness (QED) is 0.643. The number of fused-ring (bicyclic) bond motifs is 1. The molecule has 96 valence electrons. The van der Waals surface area contributed by atoms with E-state index in [0.717, 1.165) is 25.8 Å². The number of rotatable bonds is 6. The van der Waals surface area contributed by atoms with Gasteiger partial charge in [0.05, 0.1) is 0 Å². The number of nitrogens with zero attached hydrogens (tertiary/aromatic N) is 1. The number of unbranched alkanes of at least 4 members (excludes halogenated alkanes) is 2. The van der Waals surface area contributed by atoms with Crippen molar-refractivity contribution in [3.8, 4) is 0 Å². The highest BCUT2D eigenvalue weighted by molar-refractivity contribution is 7.18. The Morgan fingerprint density at radius 3 is 2.83 bits per heavy atom. The largest absolute Gasteiger partial charge is 0.481 e. The number of thiazole rings is 1. The van der Waals surface area contributed by atoms with Gasteiger partial charge >= 0.3 is 5.97 Å². The Kier molecular flexibility index (Phi) is 4.31. The van der Waals surface area contributed by atoms with Gasteiger partial charge in [0.25, 0.3) is 0 Å². The van der Waals surface area contributed by atoms with Gasteiger partial charge in [-0.1, -0.05) is 23.5 Å². The number of aryl methyl sites for hydroxylation is 2. The van der Waals surface area contributed by atoms with E-state index in [1.165, 1.54) is 15.2 Å². The highest BCUT2D eigenvalue weighted by Crippen LogP contribution is 2.19. The average Bonchev–Trinajstić information content (AvgIpc) is 2.65. The minimum atomic E-state index is -0.695. The lowest BCUT2D eigenvalue weighted by Crippen LogP contribution is -2.34. The van der Waals surface area contributed by atoms with E-state index in [2.05, 4.69) is 35.8 Å². The summed E-state index contributed by atoms with van der Waals surface area (Å²) in [4.78, 5) is 10.4. The standard InChI is InChI=1S/C14H17NO2S/c1-11-15(10-6-2-3-9-14(16)17)12-7-4-5-8-13(12)18-11/h4-5,7-8H,2-3,6,9-10H2,1H3/p+1. The minimum Gasteiger partial charge on any atom is -0.481 e. The van der Waals surface area contributed by atoms with E-state index in [1.807, 2.05) is 11.3 Å². The fourth-order valence-corrected chi connectivity index (χ4v) is 3.20.